The van der Waals surface area contributed by atoms with E-state index in [2.05, 4.69) is 20.8 Å². The highest BCUT2D eigenvalue weighted by Crippen LogP contribution is 2.51. The monoisotopic (exact) mass is 284 g/mol. The van der Waals surface area contributed by atoms with Crippen molar-refractivity contribution >= 4 is 8.56 Å². The third-order valence-corrected chi connectivity index (χ3v) is 10.0. The van der Waals surface area contributed by atoms with Gasteiger partial charge >= 0.3 is 8.56 Å². The summed E-state index contributed by atoms with van der Waals surface area (Å²) in [7, 11) is -2.00. The maximum atomic E-state index is 6.46. The Bertz CT molecular complexity index is 257. The molecule has 2 nitrogen and oxygen atoms in total. The van der Waals surface area contributed by atoms with Crippen molar-refractivity contribution in [3.05, 3.63) is 0 Å². The fourth-order valence-electron chi connectivity index (χ4n) is 4.43. The molecule has 0 aromatic carbocycles. The molecule has 0 N–H and O–H groups in total. The lowest BCUT2D eigenvalue weighted by atomic mass is 9.90. The second-order valence-corrected chi connectivity index (χ2v) is 10.2. The molecule has 0 bridgehead atoms. The normalized spacial score (nSPS) is 29.8. The summed E-state index contributed by atoms with van der Waals surface area (Å²) in [4.78, 5) is 0. The van der Waals surface area contributed by atoms with Crippen LogP contribution in [0.4, 0.5) is 0 Å². The van der Waals surface area contributed by atoms with Crippen LogP contribution in [0.3, 0.4) is 0 Å². The quantitative estimate of drug-likeness (QED) is 0.637. The average molecular weight is 285 g/mol. The van der Waals surface area contributed by atoms with Crippen molar-refractivity contribution in [2.45, 2.75) is 83.2 Å². The topological polar surface area (TPSA) is 18.5 Å². The van der Waals surface area contributed by atoms with Gasteiger partial charge in [-0.1, -0.05) is 32.6 Å². The minimum absolute atomic E-state index is 0.749. The molecule has 2 aliphatic carbocycles. The van der Waals surface area contributed by atoms with Crippen LogP contribution in [0, 0.1) is 5.92 Å². The smallest absolute Gasteiger partial charge is 0.344 e. The fraction of sp³-hybridized carbons (Fsp3) is 1.00. The molecular weight excluding hydrogens is 252 g/mol. The minimum atomic E-state index is -2.00. The Hall–Kier alpha value is 0.137. The first kappa shape index (κ1) is 15.5. The first-order valence-corrected chi connectivity index (χ1v) is 10.5. The molecule has 2 unspecified atom stereocenters. The van der Waals surface area contributed by atoms with Gasteiger partial charge in [-0.25, -0.2) is 0 Å². The van der Waals surface area contributed by atoms with Crippen molar-refractivity contribution in [3.63, 3.8) is 0 Å². The van der Waals surface area contributed by atoms with E-state index >= 15 is 0 Å². The van der Waals surface area contributed by atoms with Crippen LogP contribution in [0.25, 0.3) is 0 Å². The first-order valence-electron chi connectivity index (χ1n) is 8.50. The lowest BCUT2D eigenvalue weighted by Crippen LogP contribution is -2.51. The second-order valence-electron chi connectivity index (χ2n) is 6.54. The van der Waals surface area contributed by atoms with Crippen molar-refractivity contribution in [3.8, 4) is 0 Å². The molecule has 19 heavy (non-hydrogen) atoms. The highest BCUT2D eigenvalue weighted by atomic mass is 28.4. The molecule has 3 heteroatoms. The van der Waals surface area contributed by atoms with E-state index in [1.165, 1.54) is 51.4 Å². The van der Waals surface area contributed by atoms with Crippen molar-refractivity contribution in [2.75, 3.05) is 13.2 Å². The molecule has 0 heterocycles. The van der Waals surface area contributed by atoms with Crippen molar-refractivity contribution < 1.29 is 8.85 Å². The maximum Gasteiger partial charge on any atom is 0.344 e. The Balaban J connectivity index is 2.18. The largest absolute Gasteiger partial charge is 0.394 e. The van der Waals surface area contributed by atoms with Crippen LogP contribution >= 0.6 is 0 Å². The van der Waals surface area contributed by atoms with Gasteiger partial charge in [0.25, 0.3) is 0 Å². The Morgan fingerprint density at radius 3 is 1.95 bits per heavy atom. The minimum Gasteiger partial charge on any atom is -0.394 e. The fourth-order valence-corrected chi connectivity index (χ4v) is 9.57. The molecule has 0 aliphatic heterocycles. The number of rotatable bonds is 6. The van der Waals surface area contributed by atoms with Gasteiger partial charge in [0.2, 0.25) is 0 Å². The summed E-state index contributed by atoms with van der Waals surface area (Å²) < 4.78 is 12.9. The zero-order chi connectivity index (χ0) is 13.7. The van der Waals surface area contributed by atoms with E-state index in [0.717, 1.165) is 30.2 Å². The van der Waals surface area contributed by atoms with Crippen molar-refractivity contribution in [2.24, 2.45) is 5.92 Å². The summed E-state index contributed by atoms with van der Waals surface area (Å²) in [6.45, 7) is 8.41. The van der Waals surface area contributed by atoms with Crippen LogP contribution in [0.1, 0.15) is 72.1 Å². The summed E-state index contributed by atoms with van der Waals surface area (Å²) in [6, 6.07) is 0. The predicted octanol–water partition coefficient (Wildman–Crippen LogP) is 5.03. The molecule has 2 saturated carbocycles. The predicted molar refractivity (Wildman–Crippen MR) is 82.6 cm³/mol. The SMILES string of the molecule is CCO[Si](OCC)(C1CCCC1)C1CCCC(C)C1. The van der Waals surface area contributed by atoms with Gasteiger partial charge in [0.1, 0.15) is 0 Å². The molecule has 2 aliphatic rings. The maximum absolute atomic E-state index is 6.46. The lowest BCUT2D eigenvalue weighted by Gasteiger charge is -2.44. The average Bonchev–Trinajstić information content (AvgIpc) is 2.92. The van der Waals surface area contributed by atoms with Gasteiger partial charge in [0, 0.05) is 24.3 Å². The summed E-state index contributed by atoms with van der Waals surface area (Å²) in [5.74, 6) is 0.868. The molecule has 0 aromatic heterocycles. The molecule has 2 rings (SSSR count). The van der Waals surface area contributed by atoms with Gasteiger partial charge in [0.05, 0.1) is 0 Å². The third kappa shape index (κ3) is 3.42. The molecule has 0 amide bonds. The van der Waals surface area contributed by atoms with Crippen LogP contribution < -0.4 is 0 Å². The van der Waals surface area contributed by atoms with Crippen molar-refractivity contribution in [1.29, 1.82) is 0 Å². The first-order chi connectivity index (χ1) is 9.23. The molecule has 0 aromatic rings. The van der Waals surface area contributed by atoms with Gasteiger partial charge < -0.3 is 8.85 Å². The van der Waals surface area contributed by atoms with Crippen molar-refractivity contribution in [1.82, 2.24) is 0 Å². The summed E-state index contributed by atoms with van der Waals surface area (Å²) in [5.41, 5.74) is 1.52. The zero-order valence-electron chi connectivity index (χ0n) is 13.1. The number of hydrogen-bond acceptors (Lipinski definition) is 2. The second kappa shape index (κ2) is 7.23. The summed E-state index contributed by atoms with van der Waals surface area (Å²) in [6.07, 6.45) is 11.0. The van der Waals surface area contributed by atoms with E-state index in [4.69, 9.17) is 8.85 Å². The highest BCUT2D eigenvalue weighted by molar-refractivity contribution is 6.70. The van der Waals surface area contributed by atoms with Crippen LogP contribution in [0.2, 0.25) is 11.1 Å². The van der Waals surface area contributed by atoms with E-state index in [1.54, 1.807) is 0 Å². The van der Waals surface area contributed by atoms with Crippen LogP contribution in [-0.2, 0) is 8.85 Å². The Morgan fingerprint density at radius 2 is 1.42 bits per heavy atom. The van der Waals surface area contributed by atoms with Gasteiger partial charge in [0.15, 0.2) is 0 Å². The van der Waals surface area contributed by atoms with Crippen LogP contribution in [0.5, 0.6) is 0 Å². The van der Waals surface area contributed by atoms with E-state index in [0.29, 0.717) is 0 Å². The zero-order valence-corrected chi connectivity index (χ0v) is 14.1. The van der Waals surface area contributed by atoms with E-state index < -0.39 is 8.56 Å². The van der Waals surface area contributed by atoms with Gasteiger partial charge in [-0.2, -0.15) is 0 Å². The molecule has 0 spiro atoms. The lowest BCUT2D eigenvalue weighted by molar-refractivity contribution is 0.148. The molecule has 112 valence electrons. The van der Waals surface area contributed by atoms with E-state index in [-0.39, 0.29) is 0 Å². The Labute approximate surface area is 120 Å². The van der Waals surface area contributed by atoms with E-state index in [9.17, 15) is 0 Å². The third-order valence-electron chi connectivity index (χ3n) is 5.17. The number of hydrogen-bond donors (Lipinski definition) is 0. The Morgan fingerprint density at radius 1 is 0.842 bits per heavy atom. The van der Waals surface area contributed by atoms with Gasteiger partial charge in [-0.15, -0.1) is 0 Å². The van der Waals surface area contributed by atoms with Crippen LogP contribution in [0.15, 0.2) is 0 Å². The van der Waals surface area contributed by atoms with E-state index in [1.807, 2.05) is 0 Å². The Kier molecular flexibility index (Phi) is 5.91. The molecule has 0 radical (unpaired) electrons. The molecule has 2 fully saturated rings. The molecule has 2 atom stereocenters. The highest BCUT2D eigenvalue weighted by Gasteiger charge is 2.53. The molecule has 0 saturated heterocycles. The standard InChI is InChI=1S/C16H32O2Si/c1-4-17-19(18-5-2,15-10-6-7-11-15)16-12-8-9-14(3)13-16/h14-16H,4-13H2,1-3H3. The summed E-state index contributed by atoms with van der Waals surface area (Å²) in [5, 5.41) is 0. The van der Waals surface area contributed by atoms with Crippen LogP contribution in [-0.4, -0.2) is 21.8 Å². The summed E-state index contributed by atoms with van der Waals surface area (Å²) >= 11 is 0. The van der Waals surface area contributed by atoms with Gasteiger partial charge in [-0.3, -0.25) is 0 Å². The molecular formula is C16H32O2Si. The van der Waals surface area contributed by atoms with Gasteiger partial charge in [-0.05, 0) is 45.4 Å².